The topological polar surface area (TPSA) is 66.5 Å². The van der Waals surface area contributed by atoms with E-state index in [9.17, 15) is 40.7 Å². The van der Waals surface area contributed by atoms with E-state index in [0.717, 1.165) is 0 Å². The molecule has 0 aromatic heterocycles. The van der Waals surface area contributed by atoms with E-state index in [2.05, 4.69) is 0 Å². The van der Waals surface area contributed by atoms with Crippen LogP contribution in [-0.2, 0) is 14.4 Å². The lowest BCUT2D eigenvalue weighted by molar-refractivity contribution is -0.173. The Morgan fingerprint density at radius 3 is 1.88 bits per heavy atom. The van der Waals surface area contributed by atoms with E-state index in [1.54, 1.807) is 5.32 Å². The molecule has 0 spiro atoms. The van der Waals surface area contributed by atoms with Crippen molar-refractivity contribution in [1.82, 2.24) is 10.2 Å². The minimum atomic E-state index is -4.96. The van der Waals surface area contributed by atoms with Crippen LogP contribution in [0.25, 0.3) is 0 Å². The molecule has 0 aromatic carbocycles. The molecule has 2 amide bonds. The maximum Gasteiger partial charge on any atom is 0.471 e. The van der Waals surface area contributed by atoms with Crippen LogP contribution in [0.2, 0.25) is 0 Å². The number of rotatable bonds is 10. The van der Waals surface area contributed by atoms with Gasteiger partial charge < -0.3 is 10.2 Å². The molecule has 0 rings (SSSR count). The molecule has 0 aliphatic rings. The van der Waals surface area contributed by atoms with Crippen molar-refractivity contribution in [2.45, 2.75) is 51.4 Å². The summed E-state index contributed by atoms with van der Waals surface area (Å²) in [6.07, 6.45) is -9.62. The number of hydrogen-bond donors (Lipinski definition) is 1. The predicted octanol–water partition coefficient (Wildman–Crippen LogP) is 2.60. The lowest BCUT2D eigenvalue weighted by Gasteiger charge is -2.21. The minimum Gasteiger partial charge on any atom is -0.348 e. The summed E-state index contributed by atoms with van der Waals surface area (Å²) in [7, 11) is 0. The van der Waals surface area contributed by atoms with Gasteiger partial charge in [0, 0.05) is 33.0 Å². The molecular weight excluding hydrogens is 358 g/mol. The lowest BCUT2D eigenvalue weighted by atomic mass is 10.1. The number of nitrogens with zero attached hydrogens (tertiary/aromatic N) is 1. The molecule has 25 heavy (non-hydrogen) atoms. The molecule has 146 valence electrons. The molecule has 0 fully saturated rings. The summed E-state index contributed by atoms with van der Waals surface area (Å²) in [6, 6.07) is 0. The van der Waals surface area contributed by atoms with Crippen molar-refractivity contribution < 1.29 is 40.7 Å². The highest BCUT2D eigenvalue weighted by atomic mass is 19.4. The fraction of sp³-hybridized carbons (Fsp3) is 0.786. The van der Waals surface area contributed by atoms with Crippen LogP contribution >= 0.6 is 0 Å². The Hall–Kier alpha value is -1.81. The Kier molecular flexibility index (Phi) is 9.50. The number of alkyl halides is 6. The van der Waals surface area contributed by atoms with Gasteiger partial charge in [-0.05, 0) is 19.3 Å². The Morgan fingerprint density at radius 2 is 1.40 bits per heavy atom. The third-order valence-corrected chi connectivity index (χ3v) is 3.24. The quantitative estimate of drug-likeness (QED) is 0.469. The molecular formula is C14H20F6N2O3. The van der Waals surface area contributed by atoms with E-state index in [4.69, 9.17) is 0 Å². The van der Waals surface area contributed by atoms with Crippen molar-refractivity contribution >= 4 is 17.6 Å². The molecule has 0 saturated carbocycles. The van der Waals surface area contributed by atoms with E-state index < -0.39 is 30.5 Å². The van der Waals surface area contributed by atoms with Crippen LogP contribution in [0, 0.1) is 0 Å². The van der Waals surface area contributed by atoms with E-state index in [-0.39, 0.29) is 38.4 Å². The molecule has 0 saturated heterocycles. The standard InChI is InChI=1S/C14H20F6N2O3/c1-10(23)22(9-5-7-21-12(25)14(18,19)20)8-4-2-3-6-11(24)13(15,16)17/h2-9H2,1H3,(H,21,25). The molecule has 0 aromatic rings. The normalized spacial score (nSPS) is 12.0. The molecule has 0 aliphatic heterocycles. The number of amides is 2. The van der Waals surface area contributed by atoms with Crippen molar-refractivity contribution in [2.75, 3.05) is 19.6 Å². The summed E-state index contributed by atoms with van der Waals surface area (Å²) < 4.78 is 71.9. The van der Waals surface area contributed by atoms with E-state index >= 15 is 0 Å². The Morgan fingerprint density at radius 1 is 0.840 bits per heavy atom. The van der Waals surface area contributed by atoms with Gasteiger partial charge in [-0.15, -0.1) is 0 Å². The van der Waals surface area contributed by atoms with Gasteiger partial charge in [0.05, 0.1) is 0 Å². The van der Waals surface area contributed by atoms with Crippen molar-refractivity contribution in [3.8, 4) is 0 Å². The number of ketones is 1. The van der Waals surface area contributed by atoms with Gasteiger partial charge in [-0.3, -0.25) is 14.4 Å². The van der Waals surface area contributed by atoms with Crippen LogP contribution in [0.15, 0.2) is 0 Å². The third kappa shape index (κ3) is 10.6. The first kappa shape index (κ1) is 23.2. The van der Waals surface area contributed by atoms with Gasteiger partial charge in [-0.25, -0.2) is 0 Å². The Balaban J connectivity index is 3.98. The van der Waals surface area contributed by atoms with Gasteiger partial charge in [-0.2, -0.15) is 26.3 Å². The molecule has 0 unspecified atom stereocenters. The molecule has 0 heterocycles. The fourth-order valence-electron chi connectivity index (χ4n) is 1.91. The molecule has 0 aliphatic carbocycles. The largest absolute Gasteiger partial charge is 0.471 e. The van der Waals surface area contributed by atoms with E-state index in [1.165, 1.54) is 11.8 Å². The third-order valence-electron chi connectivity index (χ3n) is 3.24. The number of unbranched alkanes of at least 4 members (excludes halogenated alkanes) is 2. The van der Waals surface area contributed by atoms with Gasteiger partial charge >= 0.3 is 18.3 Å². The summed E-state index contributed by atoms with van der Waals surface area (Å²) in [5.74, 6) is -4.19. The highest BCUT2D eigenvalue weighted by Crippen LogP contribution is 2.19. The molecule has 0 bridgehead atoms. The Bertz CT molecular complexity index is 462. The maximum atomic E-state index is 12.0. The second kappa shape index (κ2) is 10.2. The average Bonchev–Trinajstić information content (AvgIpc) is 2.46. The van der Waals surface area contributed by atoms with Gasteiger partial charge in [0.15, 0.2) is 0 Å². The van der Waals surface area contributed by atoms with Gasteiger partial charge in [0.25, 0.3) is 0 Å². The smallest absolute Gasteiger partial charge is 0.348 e. The monoisotopic (exact) mass is 378 g/mol. The Labute approximate surface area is 140 Å². The second-order valence-corrected chi connectivity index (χ2v) is 5.34. The number of carbonyl (C=O) groups excluding carboxylic acids is 3. The molecule has 5 nitrogen and oxygen atoms in total. The average molecular weight is 378 g/mol. The van der Waals surface area contributed by atoms with Crippen LogP contribution in [0.5, 0.6) is 0 Å². The number of halogens is 6. The number of carbonyl (C=O) groups is 3. The van der Waals surface area contributed by atoms with Crippen molar-refractivity contribution in [2.24, 2.45) is 0 Å². The van der Waals surface area contributed by atoms with Crippen LogP contribution in [0.3, 0.4) is 0 Å². The highest BCUT2D eigenvalue weighted by Gasteiger charge is 2.38. The van der Waals surface area contributed by atoms with Gasteiger partial charge in [0.2, 0.25) is 11.7 Å². The van der Waals surface area contributed by atoms with Crippen molar-refractivity contribution in [1.29, 1.82) is 0 Å². The summed E-state index contributed by atoms with van der Waals surface area (Å²) in [4.78, 5) is 34.0. The number of nitrogens with one attached hydrogen (secondary N) is 1. The van der Waals surface area contributed by atoms with E-state index in [1.807, 2.05) is 0 Å². The maximum absolute atomic E-state index is 12.0. The highest BCUT2D eigenvalue weighted by molar-refractivity contribution is 5.83. The summed E-state index contributed by atoms with van der Waals surface area (Å²) in [5.41, 5.74) is 0. The summed E-state index contributed by atoms with van der Waals surface area (Å²) >= 11 is 0. The van der Waals surface area contributed by atoms with E-state index in [0.29, 0.717) is 12.8 Å². The zero-order valence-corrected chi connectivity index (χ0v) is 13.6. The van der Waals surface area contributed by atoms with Crippen molar-refractivity contribution in [3.05, 3.63) is 0 Å². The zero-order valence-electron chi connectivity index (χ0n) is 13.6. The molecule has 0 radical (unpaired) electrons. The SMILES string of the molecule is CC(=O)N(CCCCCC(=O)C(F)(F)F)CCCNC(=O)C(F)(F)F. The number of hydrogen-bond acceptors (Lipinski definition) is 3. The molecule has 0 atom stereocenters. The van der Waals surface area contributed by atoms with Crippen LogP contribution in [0.1, 0.15) is 39.0 Å². The van der Waals surface area contributed by atoms with Gasteiger partial charge in [0.1, 0.15) is 0 Å². The fourth-order valence-corrected chi connectivity index (χ4v) is 1.91. The lowest BCUT2D eigenvalue weighted by Crippen LogP contribution is -2.39. The van der Waals surface area contributed by atoms with Gasteiger partial charge in [-0.1, -0.05) is 6.42 Å². The predicted molar refractivity (Wildman–Crippen MR) is 75.5 cm³/mol. The summed E-state index contributed by atoms with van der Waals surface area (Å²) in [6.45, 7) is 1.31. The van der Waals surface area contributed by atoms with Crippen molar-refractivity contribution in [3.63, 3.8) is 0 Å². The first-order valence-corrected chi connectivity index (χ1v) is 7.56. The zero-order chi connectivity index (χ0) is 19.7. The minimum absolute atomic E-state index is 0.0335. The molecule has 11 heteroatoms. The van der Waals surface area contributed by atoms with Crippen LogP contribution < -0.4 is 5.32 Å². The number of Topliss-reactive ketones (excluding diaryl/α,β-unsaturated/α-hetero) is 1. The first-order valence-electron chi connectivity index (χ1n) is 7.56. The second-order valence-electron chi connectivity index (χ2n) is 5.34. The van der Waals surface area contributed by atoms with Crippen LogP contribution in [0.4, 0.5) is 26.3 Å². The molecule has 1 N–H and O–H groups in total. The first-order chi connectivity index (χ1) is 11.4. The summed E-state index contributed by atoms with van der Waals surface area (Å²) in [5, 5.41) is 1.67. The van der Waals surface area contributed by atoms with Crippen LogP contribution in [-0.4, -0.2) is 54.5 Å².